The van der Waals surface area contributed by atoms with Crippen molar-refractivity contribution in [2.75, 3.05) is 18.6 Å². The van der Waals surface area contributed by atoms with E-state index in [9.17, 15) is 33.6 Å². The van der Waals surface area contributed by atoms with Gasteiger partial charge in [0.15, 0.2) is 8.24 Å². The fourth-order valence-corrected chi connectivity index (χ4v) is 8.14. The van der Waals surface area contributed by atoms with Gasteiger partial charge in [-0.25, -0.2) is 0 Å². The molecule has 0 saturated carbocycles. The lowest BCUT2D eigenvalue weighted by atomic mass is 10.0. The molecule has 272 valence electrons. The molecule has 7 N–H and O–H groups in total. The largest absolute Gasteiger partial charge is 0.368 e. The number of primary amides is 1. The molecule has 1 aromatic carbocycles. The zero-order valence-corrected chi connectivity index (χ0v) is 31.4. The topological polar surface area (TPSA) is 209 Å². The molecule has 49 heavy (non-hydrogen) atoms. The van der Waals surface area contributed by atoms with Crippen molar-refractivity contribution in [3.05, 3.63) is 35.9 Å². The lowest BCUT2D eigenvalue weighted by Crippen LogP contribution is -2.63. The molecule has 1 aromatic rings. The number of hydrogen-bond donors (Lipinski definition) is 6. The number of nitrogens with two attached hydrogens (primary N) is 1. The molecule has 0 aromatic heterocycles. The van der Waals surface area contributed by atoms with E-state index in [0.717, 1.165) is 5.56 Å². The number of thioether (sulfide) groups is 1. The number of rotatable bonds is 19. The van der Waals surface area contributed by atoms with Crippen LogP contribution in [0.4, 0.5) is 0 Å². The molecule has 7 amide bonds. The standard InChI is InChI=1S/C33H53N7O7SSi/c1-20(2)17-25(32(46)38-23(29(34)43)15-16-48-4)37-28(42)19-35-31(45)26(18-22-11-9-8-10-12-22)39-30(44)21(3)40(49(5,6)7)33(47)24-13-14-27(41)36-24/h8-12,20-21,23-26H,13-19H2,1-7H3,(H2,34,43)(H,35,45)(H,36,41)(H,37,42)(H,38,46)(H,39,44)/t21-,23-,24-,25-,26-/m0/s1. The summed E-state index contributed by atoms with van der Waals surface area (Å²) in [6.45, 7) is 10.6. The van der Waals surface area contributed by atoms with Crippen molar-refractivity contribution in [1.82, 2.24) is 31.1 Å². The number of nitrogens with zero attached hydrogens (tertiary/aromatic N) is 1. The lowest BCUT2D eigenvalue weighted by Gasteiger charge is -2.40. The first-order valence-corrected chi connectivity index (χ1v) is 21.4. The average molecular weight is 720 g/mol. The Morgan fingerprint density at radius 2 is 1.57 bits per heavy atom. The average Bonchev–Trinajstić information content (AvgIpc) is 3.46. The van der Waals surface area contributed by atoms with Crippen LogP contribution in [0, 0.1) is 5.92 Å². The van der Waals surface area contributed by atoms with Crippen molar-refractivity contribution < 1.29 is 33.6 Å². The van der Waals surface area contributed by atoms with Gasteiger partial charge in [0.2, 0.25) is 41.4 Å². The minimum absolute atomic E-state index is 0.0175. The summed E-state index contributed by atoms with van der Waals surface area (Å²) in [5, 5.41) is 13.3. The van der Waals surface area contributed by atoms with Gasteiger partial charge in [0.25, 0.3) is 0 Å². The maximum absolute atomic E-state index is 13.7. The summed E-state index contributed by atoms with van der Waals surface area (Å²) in [5.74, 6) is -2.99. The maximum atomic E-state index is 13.7. The molecule has 16 heteroatoms. The first-order valence-electron chi connectivity index (χ1n) is 16.6. The molecule has 0 radical (unpaired) electrons. The van der Waals surface area contributed by atoms with Crippen LogP contribution in [0.3, 0.4) is 0 Å². The van der Waals surface area contributed by atoms with E-state index in [4.69, 9.17) is 5.73 Å². The molecule has 0 bridgehead atoms. The van der Waals surface area contributed by atoms with Gasteiger partial charge in [0.1, 0.15) is 24.2 Å². The Bertz CT molecular complexity index is 1340. The van der Waals surface area contributed by atoms with E-state index in [1.807, 2.05) is 45.8 Å². The van der Waals surface area contributed by atoms with E-state index in [2.05, 4.69) is 26.6 Å². The third kappa shape index (κ3) is 13.5. The first-order chi connectivity index (χ1) is 22.9. The van der Waals surface area contributed by atoms with E-state index >= 15 is 0 Å². The van der Waals surface area contributed by atoms with Crippen molar-refractivity contribution in [1.29, 1.82) is 0 Å². The van der Waals surface area contributed by atoms with Crippen molar-refractivity contribution in [2.24, 2.45) is 11.7 Å². The van der Waals surface area contributed by atoms with Gasteiger partial charge in [-0.15, -0.1) is 0 Å². The predicted octanol–water partition coefficient (Wildman–Crippen LogP) is 0.415. The molecule has 0 spiro atoms. The molecular weight excluding hydrogens is 667 g/mol. The van der Waals surface area contributed by atoms with Crippen LogP contribution in [0.15, 0.2) is 30.3 Å². The second-order valence-electron chi connectivity index (χ2n) is 13.7. The molecule has 1 aliphatic rings. The van der Waals surface area contributed by atoms with Crippen LogP contribution < -0.4 is 32.3 Å². The van der Waals surface area contributed by atoms with E-state index in [0.29, 0.717) is 18.6 Å². The molecule has 1 aliphatic heterocycles. The van der Waals surface area contributed by atoms with Gasteiger partial charge < -0.3 is 36.9 Å². The summed E-state index contributed by atoms with van der Waals surface area (Å²) in [4.78, 5) is 90.5. The van der Waals surface area contributed by atoms with E-state index < -0.39 is 74.5 Å². The van der Waals surface area contributed by atoms with Gasteiger partial charge in [-0.05, 0) is 49.7 Å². The Kier molecular flexibility index (Phi) is 16.3. The van der Waals surface area contributed by atoms with Crippen molar-refractivity contribution in [2.45, 2.75) is 103 Å². The Balaban J connectivity index is 2.18. The molecule has 14 nitrogen and oxygen atoms in total. The van der Waals surface area contributed by atoms with Gasteiger partial charge in [-0.1, -0.05) is 63.8 Å². The van der Waals surface area contributed by atoms with E-state index in [1.54, 1.807) is 35.8 Å². The minimum Gasteiger partial charge on any atom is -0.368 e. The Hall–Kier alpha value is -3.92. The lowest BCUT2D eigenvalue weighted by molar-refractivity contribution is -0.138. The molecule has 0 unspecified atom stereocenters. The summed E-state index contributed by atoms with van der Waals surface area (Å²) >= 11 is 1.51. The monoisotopic (exact) mass is 719 g/mol. The van der Waals surface area contributed by atoms with Crippen LogP contribution in [-0.4, -0.2) is 103 Å². The molecule has 1 saturated heterocycles. The summed E-state index contributed by atoms with van der Waals surface area (Å²) in [6.07, 6.45) is 3.18. The normalized spacial score (nSPS) is 16.8. The third-order valence-electron chi connectivity index (χ3n) is 7.99. The van der Waals surface area contributed by atoms with Crippen LogP contribution in [-0.2, 0) is 40.0 Å². The Morgan fingerprint density at radius 3 is 2.10 bits per heavy atom. The minimum atomic E-state index is -2.45. The zero-order valence-electron chi connectivity index (χ0n) is 29.6. The number of hydrogen-bond acceptors (Lipinski definition) is 8. The molecule has 0 aliphatic carbocycles. The van der Waals surface area contributed by atoms with Gasteiger partial charge in [-0.2, -0.15) is 11.8 Å². The van der Waals surface area contributed by atoms with Crippen LogP contribution in [0.1, 0.15) is 52.0 Å². The Labute approximate surface area is 294 Å². The molecular formula is C33H53N7O7SSi. The molecule has 2 rings (SSSR count). The van der Waals surface area contributed by atoms with Crippen molar-refractivity contribution in [3.63, 3.8) is 0 Å². The van der Waals surface area contributed by atoms with Gasteiger partial charge in [0, 0.05) is 12.8 Å². The summed E-state index contributed by atoms with van der Waals surface area (Å²) in [7, 11) is -2.45. The zero-order chi connectivity index (χ0) is 36.9. The molecule has 5 atom stereocenters. The summed E-state index contributed by atoms with van der Waals surface area (Å²) in [6, 6.07) is 4.40. The first kappa shape index (κ1) is 41.2. The summed E-state index contributed by atoms with van der Waals surface area (Å²) in [5.41, 5.74) is 6.23. The van der Waals surface area contributed by atoms with Gasteiger partial charge in [0.05, 0.1) is 12.6 Å². The van der Waals surface area contributed by atoms with Gasteiger partial charge >= 0.3 is 0 Å². The smallest absolute Gasteiger partial charge is 0.243 e. The second-order valence-corrected chi connectivity index (χ2v) is 19.5. The second kappa shape index (κ2) is 19.3. The number of amides is 7. The number of carbonyl (C=O) groups is 7. The fraction of sp³-hybridized carbons (Fsp3) is 0.606. The van der Waals surface area contributed by atoms with Crippen LogP contribution >= 0.6 is 11.8 Å². The summed E-state index contributed by atoms with van der Waals surface area (Å²) < 4.78 is 1.55. The fourth-order valence-electron chi connectivity index (χ4n) is 5.57. The highest BCUT2D eigenvalue weighted by Crippen LogP contribution is 2.20. The number of benzene rings is 1. The molecule has 1 heterocycles. The highest BCUT2D eigenvalue weighted by atomic mass is 32.2. The predicted molar refractivity (Wildman–Crippen MR) is 191 cm³/mol. The number of carbonyl (C=O) groups excluding carboxylic acids is 7. The highest BCUT2D eigenvalue weighted by molar-refractivity contribution is 7.98. The third-order valence-corrected chi connectivity index (χ3v) is 10.7. The number of nitrogens with one attached hydrogen (secondary N) is 5. The van der Waals surface area contributed by atoms with Gasteiger partial charge in [-0.3, -0.25) is 33.6 Å². The van der Waals surface area contributed by atoms with Crippen molar-refractivity contribution in [3.8, 4) is 0 Å². The van der Waals surface area contributed by atoms with E-state index in [1.165, 1.54) is 11.8 Å². The molecule has 1 fully saturated rings. The highest BCUT2D eigenvalue weighted by Gasteiger charge is 2.41. The maximum Gasteiger partial charge on any atom is 0.243 e. The Morgan fingerprint density at radius 1 is 0.939 bits per heavy atom. The van der Waals surface area contributed by atoms with Crippen LogP contribution in [0.2, 0.25) is 19.6 Å². The van der Waals surface area contributed by atoms with Crippen molar-refractivity contribution >= 4 is 61.3 Å². The quantitative estimate of drug-likeness (QED) is 0.110. The van der Waals surface area contributed by atoms with Crippen LogP contribution in [0.25, 0.3) is 0 Å². The SMILES string of the molecule is CSCC[C@H](NC(=O)[C@H](CC(C)C)NC(=O)CNC(=O)[C@H](Cc1ccccc1)NC(=O)[C@H](C)N(C(=O)[C@@H]1CCC(=O)N1)[Si](C)(C)C)C(N)=O. The van der Waals surface area contributed by atoms with Crippen LogP contribution in [0.5, 0.6) is 0 Å². The van der Waals surface area contributed by atoms with E-state index in [-0.39, 0.29) is 37.0 Å².